The summed E-state index contributed by atoms with van der Waals surface area (Å²) < 4.78 is 61.0. The molecule has 4 aromatic rings. The van der Waals surface area contributed by atoms with E-state index in [9.17, 15) is 36.7 Å². The van der Waals surface area contributed by atoms with Crippen LogP contribution in [0.2, 0.25) is 0 Å². The number of carbonyl (C=O) groups is 3. The Kier molecular flexibility index (Phi) is 11.1. The lowest BCUT2D eigenvalue weighted by Gasteiger charge is -2.40. The van der Waals surface area contributed by atoms with Gasteiger partial charge >= 0.3 is 6.36 Å². The third-order valence-corrected chi connectivity index (χ3v) is 11.3. The second-order valence-electron chi connectivity index (χ2n) is 14.9. The molecule has 11 nitrogen and oxygen atoms in total. The molecule has 296 valence electrons. The third kappa shape index (κ3) is 8.67. The van der Waals surface area contributed by atoms with Crippen molar-refractivity contribution >= 4 is 39.9 Å². The van der Waals surface area contributed by atoms with Crippen LogP contribution in [-0.2, 0) is 28.0 Å². The number of aromatic nitrogens is 1. The molecule has 1 unspecified atom stereocenters. The van der Waals surface area contributed by atoms with Gasteiger partial charge < -0.3 is 24.4 Å². The van der Waals surface area contributed by atoms with Crippen molar-refractivity contribution in [1.29, 1.82) is 0 Å². The molecule has 3 aromatic carbocycles. The Morgan fingerprint density at radius 2 is 1.62 bits per heavy atom. The minimum atomic E-state index is -4.95. The van der Waals surface area contributed by atoms with Gasteiger partial charge in [-0.1, -0.05) is 12.1 Å². The summed E-state index contributed by atoms with van der Waals surface area (Å²) in [4.78, 5) is 56.0. The topological polar surface area (TPSA) is 116 Å². The molecule has 3 amide bonds. The summed E-state index contributed by atoms with van der Waals surface area (Å²) in [6.45, 7) is 2.80. The summed E-state index contributed by atoms with van der Waals surface area (Å²) in [7, 11) is 3.37. The summed E-state index contributed by atoms with van der Waals surface area (Å²) in [5, 5.41) is 6.08. The van der Waals surface area contributed by atoms with Gasteiger partial charge in [0.15, 0.2) is 0 Å². The number of carbonyl (C=O) groups excluding carboxylic acids is 3. The highest BCUT2D eigenvalue weighted by Crippen LogP contribution is 2.36. The number of alkyl halides is 3. The molecular formula is C41H44F4N6O5. The van der Waals surface area contributed by atoms with Crippen molar-refractivity contribution in [2.45, 2.75) is 63.5 Å². The van der Waals surface area contributed by atoms with Crippen molar-refractivity contribution < 1.29 is 36.7 Å². The van der Waals surface area contributed by atoms with Crippen LogP contribution in [0.15, 0.2) is 71.7 Å². The van der Waals surface area contributed by atoms with Crippen molar-refractivity contribution in [3.8, 4) is 16.9 Å². The summed E-state index contributed by atoms with van der Waals surface area (Å²) in [6, 6.07) is 15.6. The fourth-order valence-corrected chi connectivity index (χ4v) is 8.10. The van der Waals surface area contributed by atoms with Gasteiger partial charge in [0.05, 0.1) is 0 Å². The van der Waals surface area contributed by atoms with E-state index in [2.05, 4.69) is 20.3 Å². The van der Waals surface area contributed by atoms with Crippen LogP contribution in [0.5, 0.6) is 5.75 Å². The van der Waals surface area contributed by atoms with E-state index in [-0.39, 0.29) is 58.3 Å². The number of likely N-dealkylation sites (tertiary alicyclic amines) is 1. The lowest BCUT2D eigenvalue weighted by molar-refractivity contribution is -0.275. The van der Waals surface area contributed by atoms with Crippen LogP contribution in [0.3, 0.4) is 0 Å². The van der Waals surface area contributed by atoms with E-state index >= 15 is 0 Å². The molecule has 1 atom stereocenters. The van der Waals surface area contributed by atoms with Gasteiger partial charge in [-0.2, -0.15) is 0 Å². The van der Waals surface area contributed by atoms with Gasteiger partial charge in [-0.3, -0.25) is 29.4 Å². The van der Waals surface area contributed by atoms with Gasteiger partial charge in [0.2, 0.25) is 17.7 Å². The molecule has 3 fully saturated rings. The lowest BCUT2D eigenvalue weighted by Crippen LogP contribution is -2.48. The predicted octanol–water partition coefficient (Wildman–Crippen LogP) is 5.80. The van der Waals surface area contributed by atoms with E-state index in [1.165, 1.54) is 42.1 Å². The van der Waals surface area contributed by atoms with Crippen molar-refractivity contribution in [1.82, 2.24) is 19.7 Å². The summed E-state index contributed by atoms with van der Waals surface area (Å²) in [6.07, 6.45) is 0.0408. The maximum Gasteiger partial charge on any atom is 0.573 e. The molecule has 56 heavy (non-hydrogen) atoms. The number of nitrogens with zero attached hydrogens (tertiary/aromatic N) is 4. The fourth-order valence-electron chi connectivity index (χ4n) is 8.10. The zero-order chi connectivity index (χ0) is 39.7. The first kappa shape index (κ1) is 38.8. The van der Waals surface area contributed by atoms with Gasteiger partial charge in [0, 0.05) is 99.3 Å². The van der Waals surface area contributed by atoms with E-state index < -0.39 is 18.2 Å². The molecule has 15 heteroatoms. The number of anilines is 2. The number of nitrogens with one attached hydrogen (secondary N) is 2. The van der Waals surface area contributed by atoms with Crippen molar-refractivity contribution in [2.24, 2.45) is 13.0 Å². The molecule has 3 aliphatic rings. The summed E-state index contributed by atoms with van der Waals surface area (Å²) in [5.74, 6) is -1.52. The first-order valence-electron chi connectivity index (χ1n) is 18.8. The molecule has 1 aromatic heterocycles. The van der Waals surface area contributed by atoms with Crippen LogP contribution in [0.4, 0.5) is 28.9 Å². The highest BCUT2D eigenvalue weighted by atomic mass is 19.4. The molecule has 0 saturated carbocycles. The predicted molar refractivity (Wildman–Crippen MR) is 204 cm³/mol. The molecular weight excluding hydrogens is 732 g/mol. The largest absolute Gasteiger partial charge is 0.573 e. The first-order valence-corrected chi connectivity index (χ1v) is 18.8. The van der Waals surface area contributed by atoms with Crippen LogP contribution >= 0.6 is 0 Å². The number of aryl methyl sites for hydroxylation is 1. The van der Waals surface area contributed by atoms with Gasteiger partial charge in [-0.25, -0.2) is 4.39 Å². The zero-order valence-corrected chi connectivity index (χ0v) is 31.2. The first-order chi connectivity index (χ1) is 26.7. The highest BCUT2D eigenvalue weighted by molar-refractivity contribution is 6.01. The number of imide groups is 1. The molecule has 0 aliphatic carbocycles. The van der Waals surface area contributed by atoms with Crippen LogP contribution in [0.25, 0.3) is 21.9 Å². The molecule has 0 bridgehead atoms. The van der Waals surface area contributed by atoms with Crippen molar-refractivity contribution in [3.63, 3.8) is 0 Å². The Balaban J connectivity index is 0.936. The van der Waals surface area contributed by atoms with E-state index in [4.69, 9.17) is 0 Å². The average molecular weight is 777 g/mol. The number of hydrogen-bond donors (Lipinski definition) is 2. The number of benzene rings is 3. The summed E-state index contributed by atoms with van der Waals surface area (Å²) in [5.41, 5.74) is 2.55. The number of piperidine rings is 3. The minimum Gasteiger partial charge on any atom is -0.405 e. The number of fused-ring (bicyclic) bond motifs is 1. The van der Waals surface area contributed by atoms with Crippen LogP contribution < -0.4 is 25.8 Å². The molecule has 3 saturated heterocycles. The van der Waals surface area contributed by atoms with Crippen molar-refractivity contribution in [3.05, 3.63) is 88.6 Å². The van der Waals surface area contributed by atoms with Crippen LogP contribution in [0, 0.1) is 11.7 Å². The number of ether oxygens (including phenoxy) is 1. The average Bonchev–Trinajstić information content (AvgIpc) is 3.17. The SMILES string of the molecule is CN(C(=O)C1CCN(c2ccc(NC3CCC(=O)NC3=O)cc2)CC1)C1CCN(Cc2ccc(-c3cn(C)c(=O)c4ccc(F)cc34)cc2OC(F)(F)F)CC1. The quantitative estimate of drug-likeness (QED) is 0.162. The highest BCUT2D eigenvalue weighted by Gasteiger charge is 2.35. The molecule has 4 heterocycles. The second-order valence-corrected chi connectivity index (χ2v) is 14.9. The Labute approximate surface area is 321 Å². The minimum absolute atomic E-state index is 0.00728. The Bertz CT molecular complexity index is 2180. The number of amides is 3. The number of halogens is 4. The number of hydrogen-bond acceptors (Lipinski definition) is 8. The lowest BCUT2D eigenvalue weighted by atomic mass is 9.93. The number of pyridine rings is 1. The Morgan fingerprint density at radius 1 is 0.911 bits per heavy atom. The monoisotopic (exact) mass is 776 g/mol. The van der Waals surface area contributed by atoms with Crippen LogP contribution in [-0.4, -0.2) is 83.8 Å². The summed E-state index contributed by atoms with van der Waals surface area (Å²) >= 11 is 0. The van der Waals surface area contributed by atoms with E-state index in [1.807, 2.05) is 41.1 Å². The third-order valence-electron chi connectivity index (χ3n) is 11.3. The molecule has 0 spiro atoms. The van der Waals surface area contributed by atoms with Gasteiger partial charge in [-0.05, 0) is 91.6 Å². The van der Waals surface area contributed by atoms with Gasteiger partial charge in [0.25, 0.3) is 5.56 Å². The number of rotatable bonds is 9. The zero-order valence-electron chi connectivity index (χ0n) is 31.2. The molecule has 3 aliphatic heterocycles. The van der Waals surface area contributed by atoms with Gasteiger partial charge in [0.1, 0.15) is 17.6 Å². The van der Waals surface area contributed by atoms with E-state index in [1.54, 1.807) is 12.1 Å². The smallest absolute Gasteiger partial charge is 0.405 e. The Morgan fingerprint density at radius 3 is 2.30 bits per heavy atom. The molecule has 7 rings (SSSR count). The second kappa shape index (κ2) is 16.0. The standard InChI is InChI=1S/C41H44F4N6O5/c1-48-24-34(33-22-28(42)5-10-32(33)40(48)55)26-3-4-27(36(21-26)56-41(43,44)45)23-50-17-15-30(16-18-50)49(2)39(54)25-13-19-51(20-14-25)31-8-6-29(7-9-31)46-35-11-12-37(52)47-38(35)53/h3-10,21-22,24-25,30,35,46H,11-20,23H2,1-2H3,(H,47,52,53). The van der Waals surface area contributed by atoms with Gasteiger partial charge in [-0.15, -0.1) is 13.2 Å². The maximum absolute atomic E-state index is 14.2. The molecule has 0 radical (unpaired) electrons. The van der Waals surface area contributed by atoms with E-state index in [0.29, 0.717) is 68.3 Å². The van der Waals surface area contributed by atoms with E-state index in [0.717, 1.165) is 24.5 Å². The fraction of sp³-hybridized carbons (Fsp3) is 0.415. The van der Waals surface area contributed by atoms with Crippen LogP contribution in [0.1, 0.15) is 44.1 Å². The molecule has 2 N–H and O–H groups in total. The Hall–Kier alpha value is -5.44. The maximum atomic E-state index is 14.2. The van der Waals surface area contributed by atoms with Crippen molar-refractivity contribution in [2.75, 3.05) is 43.4 Å². The normalized spacial score (nSPS) is 18.9.